The summed E-state index contributed by atoms with van der Waals surface area (Å²) in [5.41, 5.74) is 6.34. The summed E-state index contributed by atoms with van der Waals surface area (Å²) in [5, 5.41) is 3.96. The summed E-state index contributed by atoms with van der Waals surface area (Å²) in [6.07, 6.45) is 3.31. The molecule has 8 nitrogen and oxygen atoms in total. The van der Waals surface area contributed by atoms with Gasteiger partial charge in [0.25, 0.3) is 5.91 Å². The van der Waals surface area contributed by atoms with E-state index in [4.69, 9.17) is 9.47 Å². The third-order valence-corrected chi connectivity index (χ3v) is 8.53. The van der Waals surface area contributed by atoms with Crippen LogP contribution in [0.15, 0.2) is 60.7 Å². The van der Waals surface area contributed by atoms with Crippen LogP contribution in [0.4, 0.5) is 10.5 Å². The van der Waals surface area contributed by atoms with Crippen LogP contribution in [0.2, 0.25) is 0 Å². The standard InChI is InChI=1S/C37H44N4O4/c1-6-44-30-13-11-29(12-14-30)39(5)23-26-19-28-22-38-35(42)34(28)31(20-26)33-21-27-18-25(24-40-16-8-7-9-17-40)10-15-32(27)41(33)36(43)45-37(2,3)4/h10-15,18-21H,6-9,16-17,22-24H2,1-5H3,(H,38,42). The van der Waals surface area contributed by atoms with Gasteiger partial charge in [0.1, 0.15) is 11.4 Å². The summed E-state index contributed by atoms with van der Waals surface area (Å²) in [5.74, 6) is 0.714. The molecule has 0 atom stereocenters. The Morgan fingerprint density at radius 1 is 0.956 bits per heavy atom. The van der Waals surface area contributed by atoms with Crippen LogP contribution in [0, 0.1) is 0 Å². The van der Waals surface area contributed by atoms with E-state index in [0.717, 1.165) is 58.7 Å². The number of carbonyl (C=O) groups is 2. The van der Waals surface area contributed by atoms with E-state index in [0.29, 0.717) is 31.0 Å². The van der Waals surface area contributed by atoms with Crippen molar-refractivity contribution in [3.8, 4) is 17.0 Å². The Kier molecular flexibility index (Phi) is 8.60. The highest BCUT2D eigenvalue weighted by Crippen LogP contribution is 2.36. The minimum atomic E-state index is -0.680. The Morgan fingerprint density at radius 3 is 2.42 bits per heavy atom. The number of rotatable bonds is 8. The van der Waals surface area contributed by atoms with Gasteiger partial charge in [0, 0.05) is 43.3 Å². The molecule has 1 fully saturated rings. The fraction of sp³-hybridized carbons (Fsp3) is 0.405. The first kappa shape index (κ1) is 30.7. The average Bonchev–Trinajstić information content (AvgIpc) is 3.57. The van der Waals surface area contributed by atoms with Gasteiger partial charge in [-0.2, -0.15) is 0 Å². The molecule has 1 amide bonds. The topological polar surface area (TPSA) is 76.0 Å². The fourth-order valence-electron chi connectivity index (χ4n) is 6.50. The van der Waals surface area contributed by atoms with Crippen LogP contribution in [0.5, 0.6) is 5.75 Å². The maximum Gasteiger partial charge on any atom is 0.419 e. The first-order chi connectivity index (χ1) is 21.6. The summed E-state index contributed by atoms with van der Waals surface area (Å²) >= 11 is 0. The average molecular weight is 609 g/mol. The minimum absolute atomic E-state index is 0.127. The highest BCUT2D eigenvalue weighted by atomic mass is 16.6. The number of anilines is 1. The van der Waals surface area contributed by atoms with E-state index in [-0.39, 0.29) is 5.91 Å². The molecule has 8 heteroatoms. The van der Waals surface area contributed by atoms with Crippen molar-refractivity contribution < 1.29 is 19.1 Å². The predicted octanol–water partition coefficient (Wildman–Crippen LogP) is 7.36. The van der Waals surface area contributed by atoms with Gasteiger partial charge in [0.15, 0.2) is 0 Å². The number of fused-ring (bicyclic) bond motifs is 2. The van der Waals surface area contributed by atoms with Gasteiger partial charge in [-0.3, -0.25) is 9.69 Å². The van der Waals surface area contributed by atoms with Crippen LogP contribution < -0.4 is 15.0 Å². The number of piperidine rings is 1. The van der Waals surface area contributed by atoms with Crippen molar-refractivity contribution in [1.29, 1.82) is 0 Å². The number of hydrogen-bond donors (Lipinski definition) is 1. The molecule has 3 aromatic carbocycles. The molecule has 0 radical (unpaired) electrons. The maximum absolute atomic E-state index is 13.8. The Hall–Kier alpha value is -4.30. The molecule has 236 valence electrons. The van der Waals surface area contributed by atoms with Crippen LogP contribution >= 0.6 is 0 Å². The van der Waals surface area contributed by atoms with E-state index in [2.05, 4.69) is 39.4 Å². The molecule has 0 saturated carbocycles. The van der Waals surface area contributed by atoms with Gasteiger partial charge in [-0.05, 0) is 119 Å². The molecule has 0 bridgehead atoms. The van der Waals surface area contributed by atoms with Gasteiger partial charge in [-0.25, -0.2) is 9.36 Å². The molecule has 1 aromatic heterocycles. The van der Waals surface area contributed by atoms with Crippen molar-refractivity contribution in [1.82, 2.24) is 14.8 Å². The number of benzene rings is 3. The molecule has 4 aromatic rings. The van der Waals surface area contributed by atoms with Crippen molar-refractivity contribution in [3.63, 3.8) is 0 Å². The largest absolute Gasteiger partial charge is 0.494 e. The van der Waals surface area contributed by atoms with Gasteiger partial charge in [-0.15, -0.1) is 0 Å². The molecule has 0 spiro atoms. The molecule has 1 saturated heterocycles. The third-order valence-electron chi connectivity index (χ3n) is 8.53. The van der Waals surface area contributed by atoms with Gasteiger partial charge in [-0.1, -0.05) is 18.6 Å². The second-order valence-corrected chi connectivity index (χ2v) is 13.2. The molecule has 0 aliphatic carbocycles. The fourth-order valence-corrected chi connectivity index (χ4v) is 6.50. The summed E-state index contributed by atoms with van der Waals surface area (Å²) < 4.78 is 13.2. The lowest BCUT2D eigenvalue weighted by Crippen LogP contribution is -2.29. The maximum atomic E-state index is 13.8. The summed E-state index contributed by atoms with van der Waals surface area (Å²) in [6, 6.07) is 20.6. The SMILES string of the molecule is CCOc1ccc(N(C)Cc2cc3c(c(-c4cc5cc(CN6CCCCC6)ccc5n4C(=O)OC(C)(C)C)c2)C(=O)NC3)cc1. The van der Waals surface area contributed by atoms with Crippen LogP contribution in [0.1, 0.15) is 74.0 Å². The van der Waals surface area contributed by atoms with Crippen molar-refractivity contribution in [2.24, 2.45) is 0 Å². The van der Waals surface area contributed by atoms with Crippen LogP contribution in [0.25, 0.3) is 22.2 Å². The van der Waals surface area contributed by atoms with E-state index in [1.54, 1.807) is 4.57 Å². The molecule has 45 heavy (non-hydrogen) atoms. The van der Waals surface area contributed by atoms with Gasteiger partial charge in [0.2, 0.25) is 0 Å². The van der Waals surface area contributed by atoms with E-state index >= 15 is 0 Å². The summed E-state index contributed by atoms with van der Waals surface area (Å²) in [7, 11) is 2.05. The second-order valence-electron chi connectivity index (χ2n) is 13.2. The number of hydrogen-bond acceptors (Lipinski definition) is 6. The number of ether oxygens (including phenoxy) is 2. The van der Waals surface area contributed by atoms with Crippen LogP contribution in [-0.4, -0.2) is 53.8 Å². The zero-order valence-corrected chi connectivity index (χ0v) is 27.1. The van der Waals surface area contributed by atoms with E-state index < -0.39 is 11.7 Å². The normalized spacial score (nSPS) is 15.2. The van der Waals surface area contributed by atoms with Gasteiger partial charge < -0.3 is 19.7 Å². The first-order valence-corrected chi connectivity index (χ1v) is 16.1. The lowest BCUT2D eigenvalue weighted by Gasteiger charge is -2.26. The number of likely N-dealkylation sites (tertiary alicyclic amines) is 1. The highest BCUT2D eigenvalue weighted by molar-refractivity contribution is 6.07. The van der Waals surface area contributed by atoms with Crippen molar-refractivity contribution in [2.45, 2.75) is 72.2 Å². The third kappa shape index (κ3) is 6.71. The van der Waals surface area contributed by atoms with E-state index in [9.17, 15) is 9.59 Å². The predicted molar refractivity (Wildman–Crippen MR) is 179 cm³/mol. The number of amides is 1. The smallest absolute Gasteiger partial charge is 0.419 e. The zero-order chi connectivity index (χ0) is 31.7. The Morgan fingerprint density at radius 2 is 1.71 bits per heavy atom. The molecule has 3 heterocycles. The Balaban J connectivity index is 1.42. The first-order valence-electron chi connectivity index (χ1n) is 16.1. The lowest BCUT2D eigenvalue weighted by molar-refractivity contribution is 0.0547. The lowest BCUT2D eigenvalue weighted by atomic mass is 9.96. The van der Waals surface area contributed by atoms with Gasteiger partial charge in [0.05, 0.1) is 23.4 Å². The molecule has 2 aliphatic rings. The highest BCUT2D eigenvalue weighted by Gasteiger charge is 2.29. The summed E-state index contributed by atoms with van der Waals surface area (Å²) in [6.45, 7) is 12.4. The van der Waals surface area contributed by atoms with E-state index in [1.165, 1.54) is 24.8 Å². The Labute approximate surface area is 265 Å². The quantitative estimate of drug-likeness (QED) is 0.225. The van der Waals surface area contributed by atoms with E-state index in [1.807, 2.05) is 71.1 Å². The molecular weight excluding hydrogens is 564 g/mol. The molecule has 0 unspecified atom stereocenters. The van der Waals surface area contributed by atoms with Crippen molar-refractivity contribution in [3.05, 3.63) is 82.9 Å². The monoisotopic (exact) mass is 608 g/mol. The van der Waals surface area contributed by atoms with Crippen LogP contribution in [-0.2, 0) is 24.4 Å². The number of aromatic nitrogens is 1. The Bertz CT molecular complexity index is 1710. The second kappa shape index (κ2) is 12.6. The van der Waals surface area contributed by atoms with Crippen molar-refractivity contribution >= 4 is 28.6 Å². The van der Waals surface area contributed by atoms with Crippen molar-refractivity contribution in [2.75, 3.05) is 31.6 Å². The molecular formula is C37H44N4O4. The van der Waals surface area contributed by atoms with Crippen LogP contribution in [0.3, 0.4) is 0 Å². The minimum Gasteiger partial charge on any atom is -0.494 e. The summed E-state index contributed by atoms with van der Waals surface area (Å²) in [4.78, 5) is 31.8. The number of carbonyl (C=O) groups excluding carboxylic acids is 2. The zero-order valence-electron chi connectivity index (χ0n) is 27.1. The molecule has 2 aliphatic heterocycles. The molecule has 1 N–H and O–H groups in total. The van der Waals surface area contributed by atoms with Gasteiger partial charge >= 0.3 is 6.09 Å². The number of nitrogens with one attached hydrogen (secondary N) is 1. The number of nitrogens with zero attached hydrogens (tertiary/aromatic N) is 3. The molecule has 6 rings (SSSR count).